The van der Waals surface area contributed by atoms with Gasteiger partial charge >= 0.3 is 0 Å². The Balaban J connectivity index is 2.25. The number of Topliss-reactive ketones (excluding diaryl/α,β-unsaturated/α-hetero) is 1. The zero-order valence-electron chi connectivity index (χ0n) is 12.0. The monoisotopic (exact) mass is 272 g/mol. The Morgan fingerprint density at radius 2 is 1.63 bits per heavy atom. The highest BCUT2D eigenvalue weighted by Gasteiger charge is 2.14. The van der Waals surface area contributed by atoms with E-state index in [9.17, 15) is 4.79 Å². The van der Waals surface area contributed by atoms with Crippen molar-refractivity contribution in [3.05, 3.63) is 56.3 Å². The molecule has 0 spiro atoms. The fraction of sp³-hybridized carbons (Fsp3) is 0.353. The van der Waals surface area contributed by atoms with Gasteiger partial charge in [-0.25, -0.2) is 0 Å². The molecule has 0 aliphatic carbocycles. The molecule has 2 rings (SSSR count). The number of benzene rings is 1. The first-order chi connectivity index (χ1) is 9.01. The normalized spacial score (nSPS) is 10.7. The van der Waals surface area contributed by atoms with Crippen molar-refractivity contribution in [3.63, 3.8) is 0 Å². The number of aryl methyl sites for hydroxylation is 4. The van der Waals surface area contributed by atoms with Gasteiger partial charge in [0.2, 0.25) is 0 Å². The van der Waals surface area contributed by atoms with Gasteiger partial charge in [-0.1, -0.05) is 24.6 Å². The second-order valence-corrected chi connectivity index (χ2v) is 6.35. The second-order valence-electron chi connectivity index (χ2n) is 5.10. The highest BCUT2D eigenvalue weighted by atomic mass is 32.1. The molecule has 0 saturated carbocycles. The average Bonchev–Trinajstić information content (AvgIpc) is 2.75. The maximum atomic E-state index is 12.5. The lowest BCUT2D eigenvalue weighted by atomic mass is 9.95. The summed E-state index contributed by atoms with van der Waals surface area (Å²) in [6.07, 6.45) is 1.57. The Morgan fingerprint density at radius 3 is 2.16 bits per heavy atom. The van der Waals surface area contributed by atoms with Gasteiger partial charge in [-0.05, 0) is 50.5 Å². The average molecular weight is 272 g/mol. The lowest BCUT2D eigenvalue weighted by molar-refractivity contribution is 0.0992. The molecule has 2 aromatic rings. The molecule has 0 fully saturated rings. The van der Waals surface area contributed by atoms with Crippen LogP contribution in [0.3, 0.4) is 0 Å². The number of hydrogen-bond donors (Lipinski definition) is 0. The first kappa shape index (κ1) is 14.0. The van der Waals surface area contributed by atoms with Crippen LogP contribution in [0.1, 0.15) is 43.7 Å². The van der Waals surface area contributed by atoms with Gasteiger partial charge in [-0.2, -0.15) is 0 Å². The predicted octanol–water partition coefficient (Wildman–Crippen LogP) is 4.66. The van der Waals surface area contributed by atoms with Crippen LogP contribution in [-0.4, -0.2) is 5.78 Å². The third-order valence-corrected chi connectivity index (χ3v) is 4.59. The van der Waals surface area contributed by atoms with Crippen molar-refractivity contribution < 1.29 is 4.79 Å². The first-order valence-electron chi connectivity index (χ1n) is 6.70. The summed E-state index contributed by atoms with van der Waals surface area (Å²) < 4.78 is 0. The molecule has 1 nitrogen and oxygen atoms in total. The molecule has 0 aliphatic rings. The Bertz CT molecular complexity index is 584. The van der Waals surface area contributed by atoms with E-state index in [4.69, 9.17) is 0 Å². The van der Waals surface area contributed by atoms with E-state index in [0.717, 1.165) is 23.1 Å². The zero-order valence-corrected chi connectivity index (χ0v) is 12.9. The number of hydrogen-bond acceptors (Lipinski definition) is 2. The van der Waals surface area contributed by atoms with Crippen LogP contribution in [0.2, 0.25) is 0 Å². The van der Waals surface area contributed by atoms with Crippen LogP contribution in [-0.2, 0) is 12.8 Å². The Morgan fingerprint density at radius 1 is 1.05 bits per heavy atom. The topological polar surface area (TPSA) is 17.1 Å². The molecule has 0 unspecified atom stereocenters. The molecule has 0 saturated heterocycles. The maximum Gasteiger partial charge on any atom is 0.168 e. The standard InChI is InChI=1S/C17H20OS/c1-5-14-6-7-15(19-14)10-16(18)17-12(3)8-11(2)9-13(17)4/h6-9H,5,10H2,1-4H3. The van der Waals surface area contributed by atoms with E-state index in [1.807, 2.05) is 13.8 Å². The van der Waals surface area contributed by atoms with Crippen molar-refractivity contribution in [2.24, 2.45) is 0 Å². The van der Waals surface area contributed by atoms with E-state index in [1.54, 1.807) is 11.3 Å². The lowest BCUT2D eigenvalue weighted by Crippen LogP contribution is -2.07. The molecule has 0 atom stereocenters. The van der Waals surface area contributed by atoms with Gasteiger partial charge in [0.1, 0.15) is 0 Å². The summed E-state index contributed by atoms with van der Waals surface area (Å²) in [6.45, 7) is 8.27. The predicted molar refractivity (Wildman–Crippen MR) is 82.4 cm³/mol. The molecule has 0 N–H and O–H groups in total. The second kappa shape index (κ2) is 5.70. The van der Waals surface area contributed by atoms with Crippen LogP contribution in [0.15, 0.2) is 24.3 Å². The largest absolute Gasteiger partial charge is 0.294 e. The molecule has 1 heterocycles. The van der Waals surface area contributed by atoms with Crippen molar-refractivity contribution in [2.45, 2.75) is 40.5 Å². The van der Waals surface area contributed by atoms with Crippen molar-refractivity contribution in [1.29, 1.82) is 0 Å². The molecule has 1 aromatic heterocycles. The van der Waals surface area contributed by atoms with E-state index in [2.05, 4.69) is 38.1 Å². The fourth-order valence-corrected chi connectivity index (χ4v) is 3.53. The third-order valence-electron chi connectivity index (χ3n) is 3.36. The highest BCUT2D eigenvalue weighted by Crippen LogP contribution is 2.22. The SMILES string of the molecule is CCc1ccc(CC(=O)c2c(C)cc(C)cc2C)s1. The van der Waals surface area contributed by atoms with Crippen LogP contribution < -0.4 is 0 Å². The van der Waals surface area contributed by atoms with Gasteiger partial charge in [0.25, 0.3) is 0 Å². The van der Waals surface area contributed by atoms with Crippen molar-refractivity contribution in [3.8, 4) is 0 Å². The lowest BCUT2D eigenvalue weighted by Gasteiger charge is -2.09. The van der Waals surface area contributed by atoms with Crippen LogP contribution in [0.5, 0.6) is 0 Å². The van der Waals surface area contributed by atoms with Crippen LogP contribution in [0, 0.1) is 20.8 Å². The van der Waals surface area contributed by atoms with Crippen molar-refractivity contribution >= 4 is 17.1 Å². The van der Waals surface area contributed by atoms with Gasteiger partial charge in [-0.3, -0.25) is 4.79 Å². The van der Waals surface area contributed by atoms with Crippen LogP contribution in [0.4, 0.5) is 0 Å². The molecule has 0 radical (unpaired) electrons. The number of rotatable bonds is 4. The molecule has 19 heavy (non-hydrogen) atoms. The zero-order chi connectivity index (χ0) is 14.0. The number of thiophene rings is 1. The van der Waals surface area contributed by atoms with E-state index in [0.29, 0.717) is 6.42 Å². The Labute approximate surface area is 119 Å². The highest BCUT2D eigenvalue weighted by molar-refractivity contribution is 7.12. The molecule has 0 aliphatic heterocycles. The Kier molecular flexibility index (Phi) is 4.20. The van der Waals surface area contributed by atoms with Gasteiger partial charge in [0.05, 0.1) is 0 Å². The summed E-state index contributed by atoms with van der Waals surface area (Å²) >= 11 is 1.75. The number of ketones is 1. The summed E-state index contributed by atoms with van der Waals surface area (Å²) in [7, 11) is 0. The molecular formula is C17H20OS. The van der Waals surface area contributed by atoms with Gasteiger partial charge in [0.15, 0.2) is 5.78 Å². The molecule has 1 aromatic carbocycles. The molecule has 0 bridgehead atoms. The molecule has 0 amide bonds. The maximum absolute atomic E-state index is 12.5. The summed E-state index contributed by atoms with van der Waals surface area (Å²) in [5.41, 5.74) is 4.30. The summed E-state index contributed by atoms with van der Waals surface area (Å²) in [6, 6.07) is 8.39. The van der Waals surface area contributed by atoms with Crippen molar-refractivity contribution in [1.82, 2.24) is 0 Å². The van der Waals surface area contributed by atoms with Gasteiger partial charge < -0.3 is 0 Å². The smallest absolute Gasteiger partial charge is 0.168 e. The minimum absolute atomic E-state index is 0.236. The first-order valence-corrected chi connectivity index (χ1v) is 7.51. The quantitative estimate of drug-likeness (QED) is 0.740. The fourth-order valence-electron chi connectivity index (χ4n) is 2.57. The Hall–Kier alpha value is -1.41. The van der Waals surface area contributed by atoms with Crippen molar-refractivity contribution in [2.75, 3.05) is 0 Å². The van der Waals surface area contributed by atoms with Crippen LogP contribution in [0.25, 0.3) is 0 Å². The number of carbonyl (C=O) groups excluding carboxylic acids is 1. The van der Waals surface area contributed by atoms with Gasteiger partial charge in [-0.15, -0.1) is 11.3 Å². The molecule has 2 heteroatoms. The third kappa shape index (κ3) is 3.13. The van der Waals surface area contributed by atoms with Crippen LogP contribution >= 0.6 is 11.3 Å². The minimum Gasteiger partial charge on any atom is -0.294 e. The van der Waals surface area contributed by atoms with E-state index >= 15 is 0 Å². The molecule has 100 valence electrons. The van der Waals surface area contributed by atoms with Gasteiger partial charge in [0, 0.05) is 21.7 Å². The van der Waals surface area contributed by atoms with E-state index in [1.165, 1.54) is 15.3 Å². The number of carbonyl (C=O) groups is 1. The summed E-state index contributed by atoms with van der Waals surface area (Å²) in [5, 5.41) is 0. The molecular weight excluding hydrogens is 252 g/mol. The van der Waals surface area contributed by atoms with E-state index < -0.39 is 0 Å². The summed E-state index contributed by atoms with van der Waals surface area (Å²) in [4.78, 5) is 15.0. The minimum atomic E-state index is 0.236. The summed E-state index contributed by atoms with van der Waals surface area (Å²) in [5.74, 6) is 0.236. The van der Waals surface area contributed by atoms with E-state index in [-0.39, 0.29) is 5.78 Å².